The summed E-state index contributed by atoms with van der Waals surface area (Å²) < 4.78 is 22.6. The summed E-state index contributed by atoms with van der Waals surface area (Å²) >= 11 is -2.67. The molecule has 16 heavy (non-hydrogen) atoms. The predicted molar refractivity (Wildman–Crippen MR) is 61.9 cm³/mol. The first-order valence-corrected chi connectivity index (χ1v) is 6.28. The van der Waals surface area contributed by atoms with Crippen LogP contribution < -0.4 is 10.8 Å². The van der Waals surface area contributed by atoms with E-state index in [0.29, 0.717) is 0 Å². The maximum absolute atomic E-state index is 9.84. The second-order valence-corrected chi connectivity index (χ2v) is 3.68. The van der Waals surface area contributed by atoms with E-state index in [-0.39, 0.29) is 0 Å². The van der Waals surface area contributed by atoms with E-state index in [0.717, 1.165) is 6.92 Å². The van der Waals surface area contributed by atoms with Gasteiger partial charge < -0.3 is 9.87 Å². The first kappa shape index (κ1) is 17.9. The zero-order valence-corrected chi connectivity index (χ0v) is 10.9. The number of nitrogens with one attached hydrogen (secondary N) is 2. The second-order valence-electron chi connectivity index (χ2n) is 3.11. The van der Waals surface area contributed by atoms with Gasteiger partial charge in [0.25, 0.3) is 0 Å². The fraction of sp³-hybridized carbons (Fsp3) is 0.889. The maximum atomic E-state index is 9.84. The van der Waals surface area contributed by atoms with Gasteiger partial charge in [0.1, 0.15) is 11.4 Å². The Kier molecular flexibility index (Phi) is 16.2. The Morgan fingerprint density at radius 2 is 1.88 bits per heavy atom. The van der Waals surface area contributed by atoms with Crippen LogP contribution in [0.1, 0.15) is 40.0 Å². The molecule has 1 heterocycles. The molecule has 6 nitrogen and oxygen atoms in total. The van der Waals surface area contributed by atoms with Crippen molar-refractivity contribution in [2.45, 2.75) is 40.0 Å². The molecule has 1 aliphatic rings. The lowest BCUT2D eigenvalue weighted by Crippen LogP contribution is -2.21. The van der Waals surface area contributed by atoms with Crippen molar-refractivity contribution in [1.29, 1.82) is 0 Å². The molecule has 1 aliphatic heterocycles. The molecule has 1 atom stereocenters. The maximum Gasteiger partial charge on any atom is 0.241 e. The van der Waals surface area contributed by atoms with Crippen molar-refractivity contribution in [2.24, 2.45) is 0 Å². The molecule has 0 aromatic carbocycles. The molecular weight excluding hydrogens is 232 g/mol. The van der Waals surface area contributed by atoms with Crippen molar-refractivity contribution < 1.29 is 17.8 Å². The number of hydrogen-bond donors (Lipinski definition) is 2. The van der Waals surface area contributed by atoms with E-state index in [1.54, 1.807) is 5.48 Å². The first-order valence-electron chi connectivity index (χ1n) is 5.28. The smallest absolute Gasteiger partial charge is 0.241 e. The van der Waals surface area contributed by atoms with Crippen molar-refractivity contribution in [3.63, 3.8) is 0 Å². The predicted octanol–water partition coefficient (Wildman–Crippen LogP) is 0.634. The lowest BCUT2D eigenvalue weighted by atomic mass is 10.4. The van der Waals surface area contributed by atoms with Gasteiger partial charge in [0.2, 0.25) is 5.91 Å². The van der Waals surface area contributed by atoms with Crippen molar-refractivity contribution in [3.05, 3.63) is 0 Å². The molecule has 0 radical (unpaired) electrons. The molecule has 0 bridgehead atoms. The van der Waals surface area contributed by atoms with E-state index in [2.05, 4.69) is 23.4 Å². The number of hydrogen-bond acceptors (Lipinski definition) is 5. The largest absolute Gasteiger partial charge is 0.748 e. The Bertz CT molecular complexity index is 165. The fourth-order valence-electron chi connectivity index (χ4n) is 0.718. The summed E-state index contributed by atoms with van der Waals surface area (Å²) in [6, 6.07) is 0. The minimum absolute atomic E-state index is 0.561. The van der Waals surface area contributed by atoms with Gasteiger partial charge in [-0.2, -0.15) is 4.28 Å². The fourth-order valence-corrected chi connectivity index (χ4v) is 0.903. The second kappa shape index (κ2) is 14.5. The van der Waals surface area contributed by atoms with Gasteiger partial charge >= 0.3 is 0 Å². The summed E-state index contributed by atoms with van der Waals surface area (Å²) in [6.07, 6.45) is 4.03. The van der Waals surface area contributed by atoms with Crippen molar-refractivity contribution in [1.82, 2.24) is 10.8 Å². The summed E-state index contributed by atoms with van der Waals surface area (Å²) in [4.78, 5) is 9.84. The highest BCUT2D eigenvalue weighted by Crippen LogP contribution is 1.90. The normalized spacial score (nSPS) is 15.0. The third-order valence-electron chi connectivity index (χ3n) is 1.21. The van der Waals surface area contributed by atoms with E-state index < -0.39 is 17.3 Å². The van der Waals surface area contributed by atoms with Crippen LogP contribution in [0.15, 0.2) is 0 Å². The summed E-state index contributed by atoms with van der Waals surface area (Å²) in [5.74, 6) is -0.561. The number of carbonyl (C=O) groups excluding carboxylic acids is 1. The quantitative estimate of drug-likeness (QED) is 0.556. The van der Waals surface area contributed by atoms with Gasteiger partial charge in [-0.1, -0.05) is 20.3 Å². The van der Waals surface area contributed by atoms with Gasteiger partial charge in [-0.15, -0.1) is 0 Å². The third kappa shape index (κ3) is 23.4. The number of carbonyl (C=O) groups is 1. The number of amides is 1. The summed E-state index contributed by atoms with van der Waals surface area (Å²) in [5, 5.41) is 3.22. The molecule has 1 unspecified atom stereocenters. The molecule has 1 rings (SSSR count). The van der Waals surface area contributed by atoms with Gasteiger partial charge in [0.05, 0.1) is 0 Å². The van der Waals surface area contributed by atoms with E-state index in [9.17, 15) is 13.6 Å². The Morgan fingerprint density at radius 1 is 1.44 bits per heavy atom. The molecular formula is C9H21N2O4S-. The van der Waals surface area contributed by atoms with Gasteiger partial charge in [-0.25, -0.2) is 9.69 Å². The molecule has 0 aromatic rings. The highest BCUT2D eigenvalue weighted by atomic mass is 32.2. The standard InChI is InChI=1S/C4H9N.C3H8.C2H5NO4S/c1-2-4-5-3-1;1-3-2;1-2(4)3-7-8(5)6/h5H,1-4H2;3H2,1-2H3;1H3,(H,3,4)(H,5,6)/p-1. The van der Waals surface area contributed by atoms with Gasteiger partial charge in [-0.3, -0.25) is 4.79 Å². The summed E-state index contributed by atoms with van der Waals surface area (Å²) in [5.41, 5.74) is 1.59. The molecule has 7 heteroatoms. The Morgan fingerprint density at radius 3 is 2.00 bits per heavy atom. The van der Waals surface area contributed by atoms with E-state index in [1.165, 1.54) is 32.4 Å². The van der Waals surface area contributed by atoms with Crippen LogP contribution in [-0.2, 0) is 20.4 Å². The van der Waals surface area contributed by atoms with E-state index >= 15 is 0 Å². The van der Waals surface area contributed by atoms with Crippen LogP contribution in [-0.4, -0.2) is 27.8 Å². The Hall–Kier alpha value is -0.500. The van der Waals surface area contributed by atoms with Gasteiger partial charge in [0, 0.05) is 6.92 Å². The lowest BCUT2D eigenvalue weighted by molar-refractivity contribution is -0.125. The average Bonchev–Trinajstić information content (AvgIpc) is 2.74. The van der Waals surface area contributed by atoms with Gasteiger partial charge in [-0.05, 0) is 25.9 Å². The SMILES string of the molecule is C1CCNC1.CC(=O)NOS(=O)[O-].CCC. The van der Waals surface area contributed by atoms with Crippen LogP contribution >= 0.6 is 0 Å². The molecule has 1 amide bonds. The van der Waals surface area contributed by atoms with E-state index in [4.69, 9.17) is 0 Å². The molecule has 98 valence electrons. The molecule has 1 saturated heterocycles. The summed E-state index contributed by atoms with van der Waals surface area (Å²) in [7, 11) is 0. The van der Waals surface area contributed by atoms with Crippen LogP contribution in [0.5, 0.6) is 0 Å². The van der Waals surface area contributed by atoms with Crippen LogP contribution in [0.3, 0.4) is 0 Å². The lowest BCUT2D eigenvalue weighted by Gasteiger charge is -2.02. The van der Waals surface area contributed by atoms with Crippen molar-refractivity contribution in [2.75, 3.05) is 13.1 Å². The highest BCUT2D eigenvalue weighted by molar-refractivity contribution is 7.74. The average molecular weight is 253 g/mol. The monoisotopic (exact) mass is 253 g/mol. The van der Waals surface area contributed by atoms with E-state index in [1.807, 2.05) is 0 Å². The number of rotatable bonds is 2. The highest BCUT2D eigenvalue weighted by Gasteiger charge is 1.93. The van der Waals surface area contributed by atoms with Crippen molar-refractivity contribution in [3.8, 4) is 0 Å². The van der Waals surface area contributed by atoms with Crippen LogP contribution in [0, 0.1) is 0 Å². The summed E-state index contributed by atoms with van der Waals surface area (Å²) in [6.45, 7) is 7.88. The molecule has 0 spiro atoms. The molecule has 0 aliphatic carbocycles. The zero-order valence-electron chi connectivity index (χ0n) is 10.1. The minimum atomic E-state index is -2.67. The molecule has 0 saturated carbocycles. The third-order valence-corrected chi connectivity index (χ3v) is 1.43. The van der Waals surface area contributed by atoms with Gasteiger partial charge in [0.15, 0.2) is 0 Å². The zero-order chi connectivity index (χ0) is 12.8. The Labute approximate surface area is 99.6 Å². The van der Waals surface area contributed by atoms with Crippen LogP contribution in [0.2, 0.25) is 0 Å². The molecule has 1 fully saturated rings. The van der Waals surface area contributed by atoms with Crippen LogP contribution in [0.25, 0.3) is 0 Å². The molecule has 0 aromatic heterocycles. The van der Waals surface area contributed by atoms with Crippen LogP contribution in [0.4, 0.5) is 0 Å². The first-order chi connectivity index (χ1) is 7.54. The number of hydroxylamine groups is 1. The minimum Gasteiger partial charge on any atom is -0.748 e. The Balaban J connectivity index is 0. The topological polar surface area (TPSA) is 90.5 Å². The van der Waals surface area contributed by atoms with Crippen molar-refractivity contribution >= 4 is 17.3 Å². The molecule has 2 N–H and O–H groups in total.